The van der Waals surface area contributed by atoms with Gasteiger partial charge in [-0.25, -0.2) is 4.79 Å². The van der Waals surface area contributed by atoms with Crippen LogP contribution in [-0.2, 0) is 14.3 Å². The first-order valence-corrected chi connectivity index (χ1v) is 13.6. The topological polar surface area (TPSA) is 224 Å². The standard InChI is InChI=1S/C31H28O13/c32-15-4-1-12(2-5-15)28-25(31(41)44-22-9-14(30(39)40)8-19(36)26(22)37)24-23-20(42-28)10-16(33)11-21(23)43-29(27(24)38)13-3-6-17(34)18(35)7-13/h1-8,10-11,19,22,24-29,32-38H,9H2,(H,39,40)/t19-,22-,24-,25+,26-,27-,28-,29-/m0/s1. The average molecular weight is 609 g/mol. The molecule has 44 heavy (non-hydrogen) atoms. The van der Waals surface area contributed by atoms with Gasteiger partial charge in [-0.1, -0.05) is 18.2 Å². The molecule has 8 atom stereocenters. The van der Waals surface area contributed by atoms with Crippen LogP contribution in [0.2, 0.25) is 0 Å². The number of aliphatic hydroxyl groups excluding tert-OH is 3. The van der Waals surface area contributed by atoms with Crippen LogP contribution in [0.5, 0.6) is 34.5 Å². The van der Waals surface area contributed by atoms with Crippen molar-refractivity contribution in [1.82, 2.24) is 0 Å². The number of hydrogen-bond donors (Lipinski definition) is 8. The second-order valence-electron chi connectivity index (χ2n) is 11.0. The minimum Gasteiger partial charge on any atom is -0.508 e. The van der Waals surface area contributed by atoms with Gasteiger partial charge >= 0.3 is 11.9 Å². The summed E-state index contributed by atoms with van der Waals surface area (Å²) < 4.78 is 17.9. The smallest absolute Gasteiger partial charge is 0.331 e. The fourth-order valence-corrected chi connectivity index (χ4v) is 6.09. The molecule has 1 aliphatic carbocycles. The van der Waals surface area contributed by atoms with Gasteiger partial charge in [0.15, 0.2) is 17.6 Å². The third kappa shape index (κ3) is 5.00. The minimum absolute atomic E-state index is 0.0547. The lowest BCUT2D eigenvalue weighted by Crippen LogP contribution is -2.49. The molecule has 2 heterocycles. The van der Waals surface area contributed by atoms with E-state index in [0.717, 1.165) is 6.08 Å². The highest BCUT2D eigenvalue weighted by molar-refractivity contribution is 5.87. The summed E-state index contributed by atoms with van der Waals surface area (Å²) >= 11 is 0. The Kier molecular flexibility index (Phi) is 7.24. The Morgan fingerprint density at radius 3 is 2.02 bits per heavy atom. The second-order valence-corrected chi connectivity index (χ2v) is 11.0. The van der Waals surface area contributed by atoms with E-state index in [1.165, 1.54) is 54.6 Å². The summed E-state index contributed by atoms with van der Waals surface area (Å²) in [5, 5.41) is 82.5. The lowest BCUT2D eigenvalue weighted by Gasteiger charge is -2.46. The van der Waals surface area contributed by atoms with Gasteiger partial charge in [-0.3, -0.25) is 4.79 Å². The number of aromatic hydroxyl groups is 4. The molecule has 3 aromatic rings. The Morgan fingerprint density at radius 1 is 0.750 bits per heavy atom. The zero-order valence-electron chi connectivity index (χ0n) is 22.7. The summed E-state index contributed by atoms with van der Waals surface area (Å²) in [6, 6.07) is 12.0. The number of benzene rings is 3. The first kappa shape index (κ1) is 29.1. The van der Waals surface area contributed by atoms with Crippen LogP contribution in [0.4, 0.5) is 0 Å². The lowest BCUT2D eigenvalue weighted by atomic mass is 9.71. The van der Waals surface area contributed by atoms with Gasteiger partial charge in [0.25, 0.3) is 0 Å². The number of ether oxygens (including phenoxy) is 3. The molecule has 230 valence electrons. The molecule has 0 saturated heterocycles. The Balaban J connectivity index is 1.47. The maximum atomic E-state index is 14.1. The molecule has 0 fully saturated rings. The highest BCUT2D eigenvalue weighted by Gasteiger charge is 2.54. The number of aliphatic carboxylic acids is 1. The van der Waals surface area contributed by atoms with Crippen LogP contribution in [0.25, 0.3) is 0 Å². The number of aliphatic hydroxyl groups is 3. The number of carbonyl (C=O) groups is 2. The lowest BCUT2D eigenvalue weighted by molar-refractivity contribution is -0.174. The van der Waals surface area contributed by atoms with Crippen molar-refractivity contribution < 1.29 is 64.7 Å². The Bertz CT molecular complexity index is 1650. The van der Waals surface area contributed by atoms with Crippen LogP contribution >= 0.6 is 0 Å². The van der Waals surface area contributed by atoms with Crippen molar-refractivity contribution in [3.8, 4) is 34.5 Å². The van der Waals surface area contributed by atoms with Gasteiger partial charge in [0, 0.05) is 35.6 Å². The van der Waals surface area contributed by atoms with Gasteiger partial charge in [0.05, 0.1) is 0 Å². The molecule has 0 spiro atoms. The van der Waals surface area contributed by atoms with Gasteiger partial charge in [-0.05, 0) is 41.5 Å². The molecule has 3 aromatic carbocycles. The number of hydrogen-bond acceptors (Lipinski definition) is 12. The number of carboxylic acids is 1. The van der Waals surface area contributed by atoms with Crippen molar-refractivity contribution in [3.05, 3.63) is 82.9 Å². The fourth-order valence-electron chi connectivity index (χ4n) is 6.09. The molecular formula is C31H28O13. The molecule has 0 amide bonds. The number of phenols is 4. The van der Waals surface area contributed by atoms with E-state index in [-0.39, 0.29) is 39.7 Å². The zero-order valence-corrected chi connectivity index (χ0v) is 22.7. The predicted molar refractivity (Wildman–Crippen MR) is 147 cm³/mol. The second kappa shape index (κ2) is 10.9. The molecule has 2 aliphatic heterocycles. The van der Waals surface area contributed by atoms with Crippen molar-refractivity contribution in [3.63, 3.8) is 0 Å². The highest BCUT2D eigenvalue weighted by atomic mass is 16.6. The molecule has 0 unspecified atom stereocenters. The number of esters is 1. The molecule has 0 aromatic heterocycles. The van der Waals surface area contributed by atoms with Crippen molar-refractivity contribution in [2.24, 2.45) is 5.92 Å². The van der Waals surface area contributed by atoms with Crippen molar-refractivity contribution in [2.75, 3.05) is 0 Å². The Hall–Kier alpha value is -4.98. The largest absolute Gasteiger partial charge is 0.508 e. The zero-order chi connectivity index (χ0) is 31.4. The normalized spacial score (nSPS) is 28.9. The van der Waals surface area contributed by atoms with Crippen molar-refractivity contribution in [2.45, 2.75) is 49.0 Å². The molecule has 13 heteroatoms. The highest BCUT2D eigenvalue weighted by Crippen LogP contribution is 2.58. The molecule has 13 nitrogen and oxygen atoms in total. The summed E-state index contributed by atoms with van der Waals surface area (Å²) in [4.78, 5) is 25.8. The maximum absolute atomic E-state index is 14.1. The summed E-state index contributed by atoms with van der Waals surface area (Å²) in [7, 11) is 0. The van der Waals surface area contributed by atoms with Gasteiger partial charge in [0.1, 0.15) is 59.4 Å². The van der Waals surface area contributed by atoms with E-state index in [0.29, 0.717) is 5.56 Å². The first-order valence-electron chi connectivity index (χ1n) is 13.6. The van der Waals surface area contributed by atoms with Gasteiger partial charge < -0.3 is 55.1 Å². The number of phenolic OH excluding ortho intramolecular Hbond substituents is 4. The van der Waals surface area contributed by atoms with Crippen LogP contribution in [0.3, 0.4) is 0 Å². The number of carboxylic acid groups (broad SMARTS) is 1. The summed E-state index contributed by atoms with van der Waals surface area (Å²) in [5.41, 5.74) is 0.553. The van der Waals surface area contributed by atoms with E-state index in [9.17, 15) is 50.4 Å². The van der Waals surface area contributed by atoms with E-state index in [1.54, 1.807) is 0 Å². The van der Waals surface area contributed by atoms with Crippen LogP contribution in [0.15, 0.2) is 66.2 Å². The molecule has 0 saturated carbocycles. The van der Waals surface area contributed by atoms with E-state index in [2.05, 4.69) is 0 Å². The Morgan fingerprint density at radius 2 is 1.39 bits per heavy atom. The number of rotatable bonds is 5. The third-order valence-electron chi connectivity index (χ3n) is 8.21. The number of carbonyl (C=O) groups excluding carboxylic acids is 1. The first-order chi connectivity index (χ1) is 20.9. The Labute approximate surface area is 249 Å². The molecule has 8 N–H and O–H groups in total. The summed E-state index contributed by atoms with van der Waals surface area (Å²) in [5.74, 6) is -6.00. The summed E-state index contributed by atoms with van der Waals surface area (Å²) in [6.45, 7) is 0. The molecular weight excluding hydrogens is 580 g/mol. The quantitative estimate of drug-likeness (QED) is 0.153. The van der Waals surface area contributed by atoms with Gasteiger partial charge in [-0.15, -0.1) is 0 Å². The SMILES string of the molecule is O=C(O)C1=C[C@H](O)[C@H](O)[C@@H](OC(=O)[C@@H]2[C@@H]3c4c(cc(O)cc4O[C@H]2c2ccc(O)cc2)O[C@@H](c2ccc(O)c(O)c2)[C@H]3O)C1. The molecule has 6 rings (SSSR count). The van der Waals surface area contributed by atoms with E-state index in [4.69, 9.17) is 14.2 Å². The third-order valence-corrected chi connectivity index (χ3v) is 8.21. The van der Waals surface area contributed by atoms with Gasteiger partial charge in [-0.2, -0.15) is 0 Å². The van der Waals surface area contributed by atoms with Crippen molar-refractivity contribution in [1.29, 1.82) is 0 Å². The minimum atomic E-state index is -1.65. The average Bonchev–Trinajstić information content (AvgIpc) is 2.98. The van der Waals surface area contributed by atoms with Crippen LogP contribution < -0.4 is 9.47 Å². The van der Waals surface area contributed by atoms with Gasteiger partial charge in [0.2, 0.25) is 0 Å². The van der Waals surface area contributed by atoms with E-state index >= 15 is 0 Å². The van der Waals surface area contributed by atoms with Crippen molar-refractivity contribution >= 4 is 11.9 Å². The summed E-state index contributed by atoms with van der Waals surface area (Å²) in [6.07, 6.45) is -8.12. The molecule has 0 radical (unpaired) electrons. The van der Waals surface area contributed by atoms with Crippen LogP contribution in [0.1, 0.15) is 41.2 Å². The fraction of sp³-hybridized carbons (Fsp3) is 0.290. The molecule has 0 bridgehead atoms. The van der Waals surface area contributed by atoms with Crippen LogP contribution in [0, 0.1) is 5.92 Å². The maximum Gasteiger partial charge on any atom is 0.331 e. The molecule has 3 aliphatic rings. The van der Waals surface area contributed by atoms with E-state index < -0.39 is 78.3 Å². The monoisotopic (exact) mass is 608 g/mol. The predicted octanol–water partition coefficient (Wildman–Crippen LogP) is 1.89. The van der Waals surface area contributed by atoms with Crippen LogP contribution in [-0.4, -0.2) is 77.2 Å². The van der Waals surface area contributed by atoms with E-state index in [1.807, 2.05) is 0 Å².